The van der Waals surface area contributed by atoms with E-state index in [0.29, 0.717) is 17.0 Å². The van der Waals surface area contributed by atoms with Crippen molar-refractivity contribution < 1.29 is 28.5 Å². The van der Waals surface area contributed by atoms with E-state index in [1.807, 2.05) is 18.4 Å². The van der Waals surface area contributed by atoms with Crippen LogP contribution in [0.5, 0.6) is 5.75 Å². The minimum atomic E-state index is -0.578. The maximum Gasteiger partial charge on any atom is 0.352 e. The first-order valence-corrected chi connectivity index (χ1v) is 13.0. The molecule has 1 aliphatic rings. The first-order valence-electron chi connectivity index (χ1n) is 10.7. The Bertz CT molecular complexity index is 1220. The second kappa shape index (κ2) is 11.0. The third kappa shape index (κ3) is 5.68. The monoisotopic (exact) mass is 511 g/mol. The number of benzene rings is 3. The zero-order valence-corrected chi connectivity index (χ0v) is 20.6. The third-order valence-electron chi connectivity index (χ3n) is 5.43. The number of carbonyl (C=O) groups excluding carboxylic acids is 3. The Hall–Kier alpha value is -3.30. The molecule has 0 aliphatic carbocycles. The van der Waals surface area contributed by atoms with E-state index in [2.05, 4.69) is 4.89 Å². The molecule has 3 aromatic carbocycles. The Morgan fingerprint density at radius 3 is 2.23 bits per heavy atom. The molecule has 4 rings (SSSR count). The molecule has 180 valence electrons. The molecule has 0 aromatic heterocycles. The van der Waals surface area contributed by atoms with Crippen LogP contribution >= 0.6 is 23.5 Å². The molecular weight excluding hydrogens is 489 g/mol. The van der Waals surface area contributed by atoms with Gasteiger partial charge in [-0.15, -0.1) is 23.5 Å². The predicted octanol–water partition coefficient (Wildman–Crippen LogP) is 5.48. The summed E-state index contributed by atoms with van der Waals surface area (Å²) in [6.45, 7) is 1.23. The number of rotatable bonds is 9. The molecule has 0 unspecified atom stereocenters. The van der Waals surface area contributed by atoms with E-state index >= 15 is 0 Å². The number of amides is 1. The van der Waals surface area contributed by atoms with Crippen molar-refractivity contribution >= 4 is 46.9 Å². The van der Waals surface area contributed by atoms with Crippen LogP contribution in [-0.2, 0) is 14.5 Å². The fraction of sp³-hybridized carbons (Fsp3) is 0.192. The molecule has 9 heteroatoms. The van der Waals surface area contributed by atoms with Crippen molar-refractivity contribution in [2.75, 3.05) is 16.9 Å². The van der Waals surface area contributed by atoms with Crippen molar-refractivity contribution in [3.8, 4) is 5.75 Å². The fourth-order valence-electron chi connectivity index (χ4n) is 3.69. The van der Waals surface area contributed by atoms with Crippen LogP contribution in [0.25, 0.3) is 0 Å². The second-order valence-electron chi connectivity index (χ2n) is 7.74. The summed E-state index contributed by atoms with van der Waals surface area (Å²) in [5, 5.41) is -0.491. The van der Waals surface area contributed by atoms with Crippen LogP contribution in [0.3, 0.4) is 0 Å². The maximum absolute atomic E-state index is 13.5. The number of halogens is 1. The number of hydrogen-bond acceptors (Lipinski definition) is 7. The molecular formula is C26H22FNO5S2. The summed E-state index contributed by atoms with van der Waals surface area (Å²) < 4.78 is 13.5. The van der Waals surface area contributed by atoms with E-state index in [1.165, 1.54) is 30.8 Å². The number of anilines is 1. The van der Waals surface area contributed by atoms with Crippen molar-refractivity contribution in [2.24, 2.45) is 0 Å². The topological polar surface area (TPSA) is 72.9 Å². The zero-order valence-electron chi connectivity index (χ0n) is 19.0. The molecule has 0 spiro atoms. The number of nitrogens with zero attached hydrogens (tertiary/aromatic N) is 1. The van der Waals surface area contributed by atoms with E-state index in [4.69, 9.17) is 4.89 Å². The average Bonchev–Trinajstić information content (AvgIpc) is 2.87. The number of β-lactam (4-membered cyclic amide) rings is 1. The van der Waals surface area contributed by atoms with Crippen LogP contribution < -0.4 is 9.79 Å². The van der Waals surface area contributed by atoms with Crippen LogP contribution in [0.2, 0.25) is 0 Å². The lowest BCUT2D eigenvalue weighted by atomic mass is 9.92. The van der Waals surface area contributed by atoms with Gasteiger partial charge in [0.25, 0.3) is 0 Å². The molecule has 3 aromatic rings. The fourth-order valence-corrected chi connectivity index (χ4v) is 5.31. The molecule has 6 nitrogen and oxygen atoms in total. The molecule has 2 atom stereocenters. The van der Waals surface area contributed by atoms with Crippen LogP contribution in [-0.4, -0.2) is 34.9 Å². The van der Waals surface area contributed by atoms with Crippen molar-refractivity contribution in [3.05, 3.63) is 89.7 Å². The van der Waals surface area contributed by atoms with Crippen molar-refractivity contribution in [1.82, 2.24) is 0 Å². The van der Waals surface area contributed by atoms with Crippen LogP contribution in [0.15, 0.2) is 77.7 Å². The average molecular weight is 512 g/mol. The number of Topliss-reactive ketones (excluding diaryl/α,β-unsaturated/α-hetero) is 1. The van der Waals surface area contributed by atoms with E-state index < -0.39 is 17.0 Å². The molecule has 0 bridgehead atoms. The van der Waals surface area contributed by atoms with Gasteiger partial charge in [-0.1, -0.05) is 24.3 Å². The summed E-state index contributed by atoms with van der Waals surface area (Å²) >= 11 is 2.89. The summed E-state index contributed by atoms with van der Waals surface area (Å²) in [6, 6.07) is 19.5. The third-order valence-corrected chi connectivity index (χ3v) is 7.42. The molecule has 0 saturated carbocycles. The molecule has 1 heterocycles. The van der Waals surface area contributed by atoms with Crippen LogP contribution in [0, 0.1) is 5.82 Å². The van der Waals surface area contributed by atoms with Crippen molar-refractivity contribution in [2.45, 2.75) is 23.1 Å². The van der Waals surface area contributed by atoms with Gasteiger partial charge < -0.3 is 4.90 Å². The smallest absolute Gasteiger partial charge is 0.302 e. The zero-order chi connectivity index (χ0) is 24.9. The highest BCUT2D eigenvalue weighted by molar-refractivity contribution is 8.01. The van der Waals surface area contributed by atoms with E-state index in [9.17, 15) is 18.8 Å². The van der Waals surface area contributed by atoms with Gasteiger partial charge in [0.15, 0.2) is 11.5 Å². The Balaban J connectivity index is 1.53. The quantitative estimate of drug-likeness (QED) is 0.124. The first-order chi connectivity index (χ1) is 16.9. The number of carbonyl (C=O) groups is 3. The summed E-state index contributed by atoms with van der Waals surface area (Å²) in [7, 11) is 0. The van der Waals surface area contributed by atoms with Gasteiger partial charge in [0.1, 0.15) is 11.1 Å². The highest BCUT2D eigenvalue weighted by Crippen LogP contribution is 2.45. The summed E-state index contributed by atoms with van der Waals surface area (Å²) in [4.78, 5) is 49.0. The number of thioether (sulfide) groups is 2. The summed E-state index contributed by atoms with van der Waals surface area (Å²) in [6.07, 6.45) is 1.97. The summed E-state index contributed by atoms with van der Waals surface area (Å²) in [5.41, 5.74) is 1.97. The minimum Gasteiger partial charge on any atom is -0.302 e. The minimum absolute atomic E-state index is 0.0560. The maximum atomic E-state index is 13.5. The van der Waals surface area contributed by atoms with Crippen molar-refractivity contribution in [3.63, 3.8) is 0 Å². The first kappa shape index (κ1) is 24.8. The summed E-state index contributed by atoms with van der Waals surface area (Å²) in [5.74, 6) is -0.705. The van der Waals surface area contributed by atoms with Gasteiger partial charge in [0, 0.05) is 23.1 Å². The normalized spacial score (nSPS) is 17.0. The Kier molecular flexibility index (Phi) is 7.77. The molecule has 35 heavy (non-hydrogen) atoms. The predicted molar refractivity (Wildman–Crippen MR) is 134 cm³/mol. The highest BCUT2D eigenvalue weighted by Gasteiger charge is 2.49. The largest absolute Gasteiger partial charge is 0.352 e. The van der Waals surface area contributed by atoms with Gasteiger partial charge in [-0.05, 0) is 60.4 Å². The van der Waals surface area contributed by atoms with E-state index in [-0.39, 0.29) is 23.5 Å². The number of ketones is 1. The number of hydrogen-bond donors (Lipinski definition) is 0. The lowest BCUT2D eigenvalue weighted by molar-refractivity contribution is -0.210. The SMILES string of the molecule is CSc1ccc(C(=O)CS[C@H]2C(=O)N(c3ccc(F)cc3)[C@@H]2c2ccc(OOC(C)=O)cc2)cc1. The highest BCUT2D eigenvalue weighted by atomic mass is 32.2. The van der Waals surface area contributed by atoms with Gasteiger partial charge in [-0.25, -0.2) is 9.18 Å². The lowest BCUT2D eigenvalue weighted by Gasteiger charge is -2.47. The lowest BCUT2D eigenvalue weighted by Crippen LogP contribution is -2.57. The van der Waals surface area contributed by atoms with E-state index in [1.54, 1.807) is 65.2 Å². The van der Waals surface area contributed by atoms with Gasteiger partial charge in [-0.3, -0.25) is 19.4 Å². The van der Waals surface area contributed by atoms with Gasteiger partial charge in [0.05, 0.1) is 11.8 Å². The Morgan fingerprint density at radius 1 is 0.971 bits per heavy atom. The Labute approximate surface area is 210 Å². The molecule has 0 N–H and O–H groups in total. The van der Waals surface area contributed by atoms with Gasteiger partial charge in [-0.2, -0.15) is 0 Å². The molecule has 1 saturated heterocycles. The molecule has 1 amide bonds. The molecule has 1 fully saturated rings. The Morgan fingerprint density at radius 2 is 1.63 bits per heavy atom. The van der Waals surface area contributed by atoms with Crippen LogP contribution in [0.4, 0.5) is 10.1 Å². The van der Waals surface area contributed by atoms with E-state index in [0.717, 1.165) is 10.5 Å². The van der Waals surface area contributed by atoms with Crippen molar-refractivity contribution in [1.29, 1.82) is 0 Å². The molecule has 0 radical (unpaired) electrons. The second-order valence-corrected chi connectivity index (χ2v) is 9.75. The standard InChI is InChI=1S/C26H22FNO5S2/c1-16(29)32-33-21-11-3-18(4-12-21)24-25(26(31)28(24)20-9-7-19(27)8-10-20)35-15-23(30)17-5-13-22(34-2)14-6-17/h3-14,24-25H,15H2,1-2H3/t24-,25-/m1/s1. The van der Waals surface area contributed by atoms with Crippen LogP contribution in [0.1, 0.15) is 28.9 Å². The molecule has 1 aliphatic heterocycles. The van der Waals surface area contributed by atoms with Gasteiger partial charge in [0.2, 0.25) is 5.91 Å². The van der Waals surface area contributed by atoms with Gasteiger partial charge >= 0.3 is 5.97 Å².